The number of likely N-dealkylation sites (tertiary alicyclic amines) is 1. The average Bonchev–Trinajstić information content (AvgIpc) is 3.04. The van der Waals surface area contributed by atoms with Crippen molar-refractivity contribution in [2.24, 2.45) is 5.92 Å². The Bertz CT molecular complexity index is 1350. The maximum atomic E-state index is 13.4. The quantitative estimate of drug-likeness (QED) is 0.318. The number of benzene rings is 2. The first kappa shape index (κ1) is 29.0. The molecular weight excluding hydrogens is 551 g/mol. The number of carbonyl (C=O) groups excluding carboxylic acids is 1. The molecule has 2 aromatic carbocycles. The van der Waals surface area contributed by atoms with Crippen LogP contribution in [0.25, 0.3) is 22.4 Å². The molecule has 3 N–H and O–H groups in total. The minimum atomic E-state index is -0.260. The van der Waals surface area contributed by atoms with Gasteiger partial charge in [0.1, 0.15) is 5.82 Å². The zero-order chi connectivity index (χ0) is 28.9. The molecule has 1 saturated carbocycles. The van der Waals surface area contributed by atoms with Crippen LogP contribution >= 0.6 is 11.6 Å². The number of nitrogens with one attached hydrogen (secondary N) is 3. The van der Waals surface area contributed by atoms with Crippen molar-refractivity contribution in [2.45, 2.75) is 69.5 Å². The Morgan fingerprint density at radius 2 is 1.57 bits per heavy atom. The molecule has 3 aromatic rings. The maximum Gasteiger partial charge on any atom is 0.223 e. The van der Waals surface area contributed by atoms with Crippen LogP contribution in [0.15, 0.2) is 54.7 Å². The standard InChI is InChI=1S/C33H40ClFN6O/c34-30-21-37-33(40-31(30)25-3-1-2-24(20-25)22-4-6-26(35)7-5-22)39-28-10-8-27(9-11-28)38-32(42)23-14-18-41(19-15-23)29-12-16-36-17-13-29/h1-7,20-21,23,27-29,36H,8-19H2,(H,38,42)(H,37,39,40)/t27-,28-. The van der Waals surface area contributed by atoms with Crippen molar-refractivity contribution < 1.29 is 9.18 Å². The van der Waals surface area contributed by atoms with Crippen LogP contribution in [0.3, 0.4) is 0 Å². The van der Waals surface area contributed by atoms with E-state index in [0.717, 1.165) is 81.4 Å². The lowest BCUT2D eigenvalue weighted by molar-refractivity contribution is -0.127. The highest BCUT2D eigenvalue weighted by molar-refractivity contribution is 6.32. The van der Waals surface area contributed by atoms with Crippen LogP contribution in [0.4, 0.5) is 10.3 Å². The van der Waals surface area contributed by atoms with Crippen LogP contribution in [0.1, 0.15) is 51.4 Å². The van der Waals surface area contributed by atoms with Crippen molar-refractivity contribution in [3.8, 4) is 22.4 Å². The molecule has 1 aromatic heterocycles. The Labute approximate surface area is 252 Å². The van der Waals surface area contributed by atoms with Gasteiger partial charge in [0.25, 0.3) is 0 Å². The molecular formula is C33H40ClFN6O. The van der Waals surface area contributed by atoms with E-state index in [1.807, 2.05) is 24.3 Å². The van der Waals surface area contributed by atoms with E-state index in [0.29, 0.717) is 22.7 Å². The fourth-order valence-corrected chi connectivity index (χ4v) is 6.91. The monoisotopic (exact) mass is 590 g/mol. The van der Waals surface area contributed by atoms with Crippen molar-refractivity contribution in [3.63, 3.8) is 0 Å². The first-order valence-electron chi connectivity index (χ1n) is 15.4. The number of anilines is 1. The van der Waals surface area contributed by atoms with Gasteiger partial charge in [-0.2, -0.15) is 0 Å². The number of amides is 1. The fourth-order valence-electron chi connectivity index (χ4n) is 6.71. The van der Waals surface area contributed by atoms with E-state index in [2.05, 4.69) is 25.8 Å². The summed E-state index contributed by atoms with van der Waals surface area (Å²) >= 11 is 6.52. The van der Waals surface area contributed by atoms with Gasteiger partial charge in [-0.15, -0.1) is 0 Å². The summed E-state index contributed by atoms with van der Waals surface area (Å²) in [6, 6.07) is 15.5. The molecule has 2 aliphatic heterocycles. The minimum Gasteiger partial charge on any atom is -0.353 e. The van der Waals surface area contributed by atoms with Crippen molar-refractivity contribution in [3.05, 3.63) is 65.6 Å². The Morgan fingerprint density at radius 1 is 0.881 bits per heavy atom. The second-order valence-corrected chi connectivity index (χ2v) is 12.4. The third kappa shape index (κ3) is 7.10. The van der Waals surface area contributed by atoms with Gasteiger partial charge in [-0.1, -0.05) is 41.9 Å². The van der Waals surface area contributed by atoms with Crippen molar-refractivity contribution in [2.75, 3.05) is 31.5 Å². The lowest BCUT2D eigenvalue weighted by atomic mass is 9.89. The van der Waals surface area contributed by atoms with Crippen molar-refractivity contribution in [1.82, 2.24) is 25.5 Å². The molecule has 0 spiro atoms. The summed E-state index contributed by atoms with van der Waals surface area (Å²) in [7, 11) is 0. The molecule has 42 heavy (non-hydrogen) atoms. The molecule has 6 rings (SSSR count). The molecule has 1 aliphatic carbocycles. The molecule has 0 bridgehead atoms. The maximum absolute atomic E-state index is 13.4. The van der Waals surface area contributed by atoms with Crippen LogP contribution in [0.5, 0.6) is 0 Å². The Hall–Kier alpha value is -3.07. The molecule has 1 amide bonds. The largest absolute Gasteiger partial charge is 0.353 e. The van der Waals surface area contributed by atoms with Gasteiger partial charge in [-0.05, 0) is 107 Å². The average molecular weight is 591 g/mol. The molecule has 3 heterocycles. The fraction of sp³-hybridized carbons (Fsp3) is 0.485. The Morgan fingerprint density at radius 3 is 2.31 bits per heavy atom. The van der Waals surface area contributed by atoms with E-state index in [1.54, 1.807) is 18.3 Å². The SMILES string of the molecule is O=C(N[C@H]1CC[C@H](Nc2ncc(Cl)c(-c3cccc(-c4ccc(F)cc4)c3)n2)CC1)C1CCN(C2CCNCC2)CC1. The summed E-state index contributed by atoms with van der Waals surface area (Å²) in [4.78, 5) is 24.9. The van der Waals surface area contributed by atoms with E-state index >= 15 is 0 Å². The topological polar surface area (TPSA) is 82.2 Å². The number of nitrogens with zero attached hydrogens (tertiary/aromatic N) is 3. The molecule has 0 unspecified atom stereocenters. The third-order valence-electron chi connectivity index (χ3n) is 9.19. The van der Waals surface area contributed by atoms with Gasteiger partial charge in [0.05, 0.1) is 16.9 Å². The van der Waals surface area contributed by atoms with Gasteiger partial charge >= 0.3 is 0 Å². The van der Waals surface area contributed by atoms with Gasteiger partial charge < -0.3 is 20.9 Å². The second kappa shape index (κ2) is 13.5. The van der Waals surface area contributed by atoms with Crippen LogP contribution < -0.4 is 16.0 Å². The van der Waals surface area contributed by atoms with Gasteiger partial charge in [0.15, 0.2) is 0 Å². The third-order valence-corrected chi connectivity index (χ3v) is 9.47. The van der Waals surface area contributed by atoms with Crippen LogP contribution in [0.2, 0.25) is 5.02 Å². The molecule has 0 radical (unpaired) electrons. The number of hydrogen-bond acceptors (Lipinski definition) is 6. The Balaban J connectivity index is 0.999. The van der Waals surface area contributed by atoms with Crippen LogP contribution in [-0.4, -0.2) is 65.1 Å². The van der Waals surface area contributed by atoms with E-state index in [4.69, 9.17) is 16.6 Å². The number of hydrogen-bond donors (Lipinski definition) is 3. The second-order valence-electron chi connectivity index (χ2n) is 12.0. The highest BCUT2D eigenvalue weighted by Crippen LogP contribution is 2.31. The summed E-state index contributed by atoms with van der Waals surface area (Å²) in [5, 5.41) is 10.8. The number of halogens is 2. The van der Waals surface area contributed by atoms with E-state index in [1.165, 1.54) is 25.0 Å². The molecule has 2 saturated heterocycles. The van der Waals surface area contributed by atoms with E-state index in [9.17, 15) is 9.18 Å². The molecule has 222 valence electrons. The zero-order valence-electron chi connectivity index (χ0n) is 24.0. The predicted molar refractivity (Wildman–Crippen MR) is 166 cm³/mol. The first-order chi connectivity index (χ1) is 20.5. The highest BCUT2D eigenvalue weighted by Gasteiger charge is 2.31. The summed E-state index contributed by atoms with van der Waals surface area (Å²) < 4.78 is 13.4. The summed E-state index contributed by atoms with van der Waals surface area (Å²) in [5.41, 5.74) is 3.42. The first-order valence-corrected chi connectivity index (χ1v) is 15.8. The summed E-state index contributed by atoms with van der Waals surface area (Å²) in [6.45, 7) is 4.30. The highest BCUT2D eigenvalue weighted by atomic mass is 35.5. The van der Waals surface area contributed by atoms with Crippen molar-refractivity contribution in [1.29, 1.82) is 0 Å². The lowest BCUT2D eigenvalue weighted by Crippen LogP contribution is -2.49. The van der Waals surface area contributed by atoms with Gasteiger partial charge in [0.2, 0.25) is 11.9 Å². The minimum absolute atomic E-state index is 0.140. The number of piperidine rings is 2. The molecule has 7 nitrogen and oxygen atoms in total. The lowest BCUT2D eigenvalue weighted by Gasteiger charge is -2.39. The smallest absolute Gasteiger partial charge is 0.223 e. The van der Waals surface area contributed by atoms with Gasteiger partial charge in [-0.25, -0.2) is 14.4 Å². The molecule has 0 atom stereocenters. The molecule has 9 heteroatoms. The summed E-state index contributed by atoms with van der Waals surface area (Å²) in [6.07, 6.45) is 9.79. The Kier molecular flexibility index (Phi) is 9.32. The van der Waals surface area contributed by atoms with Gasteiger partial charge in [-0.3, -0.25) is 4.79 Å². The summed E-state index contributed by atoms with van der Waals surface area (Å²) in [5.74, 6) is 0.672. The van der Waals surface area contributed by atoms with E-state index < -0.39 is 0 Å². The number of rotatable bonds is 7. The predicted octanol–water partition coefficient (Wildman–Crippen LogP) is 5.91. The van der Waals surface area contributed by atoms with E-state index in [-0.39, 0.29) is 29.7 Å². The number of carbonyl (C=O) groups is 1. The normalized spacial score (nSPS) is 22.5. The van der Waals surface area contributed by atoms with Crippen LogP contribution in [-0.2, 0) is 4.79 Å². The molecule has 3 fully saturated rings. The number of aromatic nitrogens is 2. The zero-order valence-corrected chi connectivity index (χ0v) is 24.8. The molecule has 3 aliphatic rings. The van der Waals surface area contributed by atoms with Gasteiger partial charge in [0, 0.05) is 29.6 Å². The van der Waals surface area contributed by atoms with Crippen molar-refractivity contribution >= 4 is 23.5 Å². The van der Waals surface area contributed by atoms with Crippen LogP contribution in [0, 0.1) is 11.7 Å².